The molecule has 0 saturated carbocycles. The number of aromatic nitrogens is 1. The molecule has 2 heterocycles. The Kier molecular flexibility index (Phi) is 6.94. The molecule has 4 rings (SSSR count). The lowest BCUT2D eigenvalue weighted by Crippen LogP contribution is -2.29. The predicted octanol–water partition coefficient (Wildman–Crippen LogP) is 5.80. The maximum Gasteiger partial charge on any atom is 0.295 e. The lowest BCUT2D eigenvalue weighted by atomic mass is 9.91. The quantitative estimate of drug-likeness (QED) is 0.268. The van der Waals surface area contributed by atoms with Crippen molar-refractivity contribution in [3.05, 3.63) is 99.3 Å². The molecule has 180 valence electrons. The Labute approximate surface area is 209 Å². The Morgan fingerprint density at radius 3 is 2.37 bits per heavy atom. The monoisotopic (exact) mass is 490 g/mol. The lowest BCUT2D eigenvalue weighted by molar-refractivity contribution is -0.140. The van der Waals surface area contributed by atoms with Crippen LogP contribution in [0.4, 0.5) is 0 Å². The Morgan fingerprint density at radius 2 is 1.77 bits per heavy atom. The van der Waals surface area contributed by atoms with Crippen molar-refractivity contribution in [2.45, 2.75) is 39.3 Å². The molecule has 35 heavy (non-hydrogen) atoms. The van der Waals surface area contributed by atoms with Crippen molar-refractivity contribution in [1.82, 2.24) is 9.88 Å². The molecule has 1 fully saturated rings. The van der Waals surface area contributed by atoms with Crippen LogP contribution in [-0.4, -0.2) is 33.8 Å². The van der Waals surface area contributed by atoms with Gasteiger partial charge in [-0.2, -0.15) is 0 Å². The molecule has 1 atom stereocenters. The standard InChI is InChI=1S/C28H27ClN2O4/c1-16(2)21-14-22(17(3)13-23(21)35-4)26(32)24-25(19-5-7-20(29)8-6-19)31(28(34)27(24)33)15-18-9-11-30-12-10-18/h5-14,16,25,32H,15H2,1-4H3/b26-24+. The summed E-state index contributed by atoms with van der Waals surface area (Å²) < 4.78 is 5.53. The molecule has 0 bridgehead atoms. The number of nitrogens with zero attached hydrogens (tertiary/aromatic N) is 2. The molecule has 3 aromatic rings. The first kappa shape index (κ1) is 24.5. The van der Waals surface area contributed by atoms with E-state index in [1.54, 1.807) is 55.9 Å². The number of likely N-dealkylation sites (tertiary alicyclic amines) is 1. The van der Waals surface area contributed by atoms with Gasteiger partial charge in [0.25, 0.3) is 11.7 Å². The summed E-state index contributed by atoms with van der Waals surface area (Å²) in [6, 6.07) is 13.4. The highest BCUT2D eigenvalue weighted by Crippen LogP contribution is 2.42. The SMILES string of the molecule is COc1cc(C)c(/C(O)=C2\C(=O)C(=O)N(Cc3ccncc3)C2c2ccc(Cl)cc2)cc1C(C)C. The van der Waals surface area contributed by atoms with E-state index in [1.165, 1.54) is 4.90 Å². The summed E-state index contributed by atoms with van der Waals surface area (Å²) in [7, 11) is 1.60. The van der Waals surface area contributed by atoms with Crippen molar-refractivity contribution in [3.63, 3.8) is 0 Å². The van der Waals surface area contributed by atoms with Crippen molar-refractivity contribution in [2.75, 3.05) is 7.11 Å². The fourth-order valence-electron chi connectivity index (χ4n) is 4.45. The number of hydrogen-bond donors (Lipinski definition) is 1. The number of aliphatic hydroxyl groups excluding tert-OH is 1. The maximum absolute atomic E-state index is 13.4. The van der Waals surface area contributed by atoms with Crippen LogP contribution in [0.5, 0.6) is 5.75 Å². The molecule has 1 aliphatic rings. The Balaban J connectivity index is 1.91. The second kappa shape index (κ2) is 9.92. The van der Waals surface area contributed by atoms with E-state index in [1.807, 2.05) is 32.9 Å². The largest absolute Gasteiger partial charge is 0.507 e. The second-order valence-electron chi connectivity index (χ2n) is 8.90. The number of aliphatic hydroxyl groups is 1. The minimum atomic E-state index is -0.774. The summed E-state index contributed by atoms with van der Waals surface area (Å²) in [6.45, 7) is 6.08. The van der Waals surface area contributed by atoms with Crippen molar-refractivity contribution in [2.24, 2.45) is 0 Å². The number of carbonyl (C=O) groups is 2. The van der Waals surface area contributed by atoms with Gasteiger partial charge in [-0.3, -0.25) is 14.6 Å². The molecule has 2 aromatic carbocycles. The average molecular weight is 491 g/mol. The third-order valence-electron chi connectivity index (χ3n) is 6.28. The van der Waals surface area contributed by atoms with Gasteiger partial charge in [-0.05, 0) is 71.5 Å². The third-order valence-corrected chi connectivity index (χ3v) is 6.53. The zero-order chi connectivity index (χ0) is 25.3. The summed E-state index contributed by atoms with van der Waals surface area (Å²) in [4.78, 5) is 32.1. The highest BCUT2D eigenvalue weighted by atomic mass is 35.5. The molecule has 1 aromatic heterocycles. The summed E-state index contributed by atoms with van der Waals surface area (Å²) in [5.74, 6) is -0.765. The minimum Gasteiger partial charge on any atom is -0.507 e. The van der Waals surface area contributed by atoms with Crippen LogP contribution in [0, 0.1) is 6.92 Å². The van der Waals surface area contributed by atoms with E-state index >= 15 is 0 Å². The molecular formula is C28H27ClN2O4. The predicted molar refractivity (Wildman–Crippen MR) is 135 cm³/mol. The number of amides is 1. The summed E-state index contributed by atoms with van der Waals surface area (Å²) in [6.07, 6.45) is 3.27. The molecule has 1 unspecified atom stereocenters. The number of rotatable bonds is 6. The first-order chi connectivity index (χ1) is 16.7. The summed E-state index contributed by atoms with van der Waals surface area (Å²) in [5.41, 5.74) is 3.68. The second-order valence-corrected chi connectivity index (χ2v) is 9.33. The molecule has 1 amide bonds. The average Bonchev–Trinajstić information content (AvgIpc) is 3.09. The fraction of sp³-hybridized carbons (Fsp3) is 0.250. The van der Waals surface area contributed by atoms with Crippen LogP contribution in [0.3, 0.4) is 0 Å². The van der Waals surface area contributed by atoms with Crippen molar-refractivity contribution in [3.8, 4) is 5.75 Å². The summed E-state index contributed by atoms with van der Waals surface area (Å²) in [5, 5.41) is 12.1. The number of benzene rings is 2. The van der Waals surface area contributed by atoms with E-state index in [2.05, 4.69) is 4.98 Å². The molecule has 0 aliphatic carbocycles. The molecule has 6 nitrogen and oxygen atoms in total. The van der Waals surface area contributed by atoms with E-state index in [0.717, 1.165) is 16.7 Å². The van der Waals surface area contributed by atoms with Crippen LogP contribution < -0.4 is 4.74 Å². The van der Waals surface area contributed by atoms with Crippen molar-refractivity contribution < 1.29 is 19.4 Å². The number of ether oxygens (including phenoxy) is 1. The molecule has 1 saturated heterocycles. The van der Waals surface area contributed by atoms with Gasteiger partial charge in [-0.25, -0.2) is 0 Å². The molecule has 0 spiro atoms. The van der Waals surface area contributed by atoms with Gasteiger partial charge in [0.15, 0.2) is 0 Å². The first-order valence-corrected chi connectivity index (χ1v) is 11.7. The highest BCUT2D eigenvalue weighted by molar-refractivity contribution is 6.46. The number of aryl methyl sites for hydroxylation is 1. The van der Waals surface area contributed by atoms with E-state index in [0.29, 0.717) is 21.9 Å². The molecule has 0 radical (unpaired) electrons. The number of halogens is 1. The van der Waals surface area contributed by atoms with Gasteiger partial charge in [0.1, 0.15) is 11.5 Å². The van der Waals surface area contributed by atoms with E-state index in [4.69, 9.17) is 16.3 Å². The lowest BCUT2D eigenvalue weighted by Gasteiger charge is -2.26. The number of methoxy groups -OCH3 is 1. The van der Waals surface area contributed by atoms with Crippen LogP contribution in [0.1, 0.15) is 53.6 Å². The zero-order valence-electron chi connectivity index (χ0n) is 20.1. The molecular weight excluding hydrogens is 464 g/mol. The smallest absolute Gasteiger partial charge is 0.295 e. The number of carbonyl (C=O) groups excluding carboxylic acids is 2. The van der Waals surface area contributed by atoms with Crippen LogP contribution >= 0.6 is 11.6 Å². The Bertz CT molecular complexity index is 1300. The summed E-state index contributed by atoms with van der Waals surface area (Å²) >= 11 is 6.11. The van der Waals surface area contributed by atoms with E-state index < -0.39 is 17.7 Å². The third kappa shape index (κ3) is 4.66. The van der Waals surface area contributed by atoms with Gasteiger partial charge in [0, 0.05) is 29.5 Å². The molecule has 7 heteroatoms. The Hall–Kier alpha value is -3.64. The first-order valence-electron chi connectivity index (χ1n) is 11.3. The van der Waals surface area contributed by atoms with E-state index in [-0.39, 0.29) is 23.8 Å². The number of hydrogen-bond acceptors (Lipinski definition) is 5. The number of pyridine rings is 1. The van der Waals surface area contributed by atoms with Gasteiger partial charge in [-0.15, -0.1) is 0 Å². The van der Waals surface area contributed by atoms with Crippen molar-refractivity contribution >= 4 is 29.1 Å². The van der Waals surface area contributed by atoms with Gasteiger partial charge in [0.2, 0.25) is 0 Å². The van der Waals surface area contributed by atoms with Crippen molar-refractivity contribution in [1.29, 1.82) is 0 Å². The van der Waals surface area contributed by atoms with Gasteiger partial charge in [0.05, 0.1) is 18.7 Å². The Morgan fingerprint density at radius 1 is 1.11 bits per heavy atom. The van der Waals surface area contributed by atoms with Crippen LogP contribution in [0.25, 0.3) is 5.76 Å². The zero-order valence-corrected chi connectivity index (χ0v) is 20.8. The van der Waals surface area contributed by atoms with Gasteiger partial charge in [-0.1, -0.05) is 37.6 Å². The topological polar surface area (TPSA) is 79.7 Å². The molecule has 1 aliphatic heterocycles. The molecule has 1 N–H and O–H groups in total. The number of Topliss-reactive ketones (excluding diaryl/α,β-unsaturated/α-hetero) is 1. The minimum absolute atomic E-state index is 0.0503. The fourth-order valence-corrected chi connectivity index (χ4v) is 4.57. The van der Waals surface area contributed by atoms with Gasteiger partial charge >= 0.3 is 0 Å². The van der Waals surface area contributed by atoms with Gasteiger partial charge < -0.3 is 14.7 Å². The van der Waals surface area contributed by atoms with Crippen LogP contribution in [-0.2, 0) is 16.1 Å². The highest BCUT2D eigenvalue weighted by Gasteiger charge is 2.46. The normalized spacial score (nSPS) is 17.3. The van der Waals surface area contributed by atoms with Crippen LogP contribution in [0.15, 0.2) is 66.5 Å². The van der Waals surface area contributed by atoms with Crippen LogP contribution in [0.2, 0.25) is 5.02 Å². The maximum atomic E-state index is 13.4. The van der Waals surface area contributed by atoms with E-state index in [9.17, 15) is 14.7 Å². The number of ketones is 1.